The lowest BCUT2D eigenvalue weighted by atomic mass is 10.3. The standard InChI is InChI=1S/C12H8BrCl3N2O2S/c1-6-10(2-3-11(16)17-6)18-21(19,20)12-8(14)4-7(13)5-9(12)15/h2-5,18H,1H3. The van der Waals surface area contributed by atoms with E-state index in [1.807, 2.05) is 0 Å². The normalized spacial score (nSPS) is 11.5. The summed E-state index contributed by atoms with van der Waals surface area (Å²) in [5, 5.41) is 0.304. The van der Waals surface area contributed by atoms with Gasteiger partial charge in [0, 0.05) is 4.47 Å². The van der Waals surface area contributed by atoms with Gasteiger partial charge in [-0.15, -0.1) is 0 Å². The summed E-state index contributed by atoms with van der Waals surface area (Å²) in [5.74, 6) is 0. The maximum atomic E-state index is 12.4. The molecule has 0 fully saturated rings. The van der Waals surface area contributed by atoms with Gasteiger partial charge in [0.05, 0.1) is 21.4 Å². The number of hydrogen-bond donors (Lipinski definition) is 1. The third kappa shape index (κ3) is 3.81. The fourth-order valence-electron chi connectivity index (χ4n) is 1.62. The van der Waals surface area contributed by atoms with Crippen molar-refractivity contribution < 1.29 is 8.42 Å². The van der Waals surface area contributed by atoms with E-state index in [-0.39, 0.29) is 20.1 Å². The highest BCUT2D eigenvalue weighted by atomic mass is 79.9. The van der Waals surface area contributed by atoms with E-state index in [0.29, 0.717) is 15.9 Å². The van der Waals surface area contributed by atoms with Crippen molar-refractivity contribution in [3.05, 3.63) is 49.6 Å². The molecule has 4 nitrogen and oxygen atoms in total. The van der Waals surface area contributed by atoms with Crippen LogP contribution in [-0.2, 0) is 10.0 Å². The summed E-state index contributed by atoms with van der Waals surface area (Å²) in [6.45, 7) is 1.63. The first-order chi connectivity index (χ1) is 9.70. The highest BCUT2D eigenvalue weighted by Crippen LogP contribution is 2.34. The van der Waals surface area contributed by atoms with Gasteiger partial charge in [0.1, 0.15) is 10.0 Å². The van der Waals surface area contributed by atoms with Crippen molar-refractivity contribution in [3.8, 4) is 0 Å². The van der Waals surface area contributed by atoms with Crippen molar-refractivity contribution in [2.75, 3.05) is 4.72 Å². The van der Waals surface area contributed by atoms with Gasteiger partial charge in [-0.1, -0.05) is 50.7 Å². The molecule has 0 unspecified atom stereocenters. The Hall–Kier alpha value is -0.530. The third-order valence-corrected chi connectivity index (χ3v) is 5.48. The summed E-state index contributed by atoms with van der Waals surface area (Å²) in [6, 6.07) is 5.91. The van der Waals surface area contributed by atoms with E-state index in [2.05, 4.69) is 25.6 Å². The molecule has 2 aromatic rings. The molecule has 0 saturated heterocycles. The summed E-state index contributed by atoms with van der Waals surface area (Å²) in [6.07, 6.45) is 0. The van der Waals surface area contributed by atoms with Crippen LogP contribution < -0.4 is 4.72 Å². The van der Waals surface area contributed by atoms with Gasteiger partial charge in [-0.2, -0.15) is 0 Å². The number of benzene rings is 1. The maximum absolute atomic E-state index is 12.4. The first kappa shape index (κ1) is 16.8. The molecular weight excluding hydrogens is 422 g/mol. The lowest BCUT2D eigenvalue weighted by molar-refractivity contribution is 0.601. The molecular formula is C12H8BrCl3N2O2S. The number of aryl methyl sites for hydroxylation is 1. The SMILES string of the molecule is Cc1nc(Cl)ccc1NS(=O)(=O)c1c(Cl)cc(Br)cc1Cl. The number of pyridine rings is 1. The second kappa shape index (κ2) is 6.30. The predicted molar refractivity (Wildman–Crippen MR) is 89.0 cm³/mol. The molecule has 1 N–H and O–H groups in total. The second-order valence-corrected chi connectivity index (χ2v) is 7.81. The van der Waals surface area contributed by atoms with Crippen LogP contribution in [0.15, 0.2) is 33.6 Å². The Morgan fingerprint density at radius 2 is 1.71 bits per heavy atom. The van der Waals surface area contributed by atoms with Crippen molar-refractivity contribution in [2.45, 2.75) is 11.8 Å². The number of aromatic nitrogens is 1. The van der Waals surface area contributed by atoms with Crippen molar-refractivity contribution in [2.24, 2.45) is 0 Å². The number of anilines is 1. The Kier molecular flexibility index (Phi) is 5.05. The zero-order valence-corrected chi connectivity index (χ0v) is 15.2. The molecule has 2 rings (SSSR count). The molecule has 0 amide bonds. The van der Waals surface area contributed by atoms with Crippen LogP contribution in [0, 0.1) is 6.92 Å². The van der Waals surface area contributed by atoms with E-state index in [9.17, 15) is 8.42 Å². The maximum Gasteiger partial charge on any atom is 0.264 e. The molecule has 1 aromatic carbocycles. The Bertz CT molecular complexity index is 789. The number of sulfonamides is 1. The highest BCUT2D eigenvalue weighted by molar-refractivity contribution is 9.10. The van der Waals surface area contributed by atoms with Crippen LogP contribution in [0.25, 0.3) is 0 Å². The molecule has 0 spiro atoms. The van der Waals surface area contributed by atoms with E-state index in [1.165, 1.54) is 24.3 Å². The summed E-state index contributed by atoms with van der Waals surface area (Å²) in [7, 11) is -3.94. The molecule has 0 aliphatic carbocycles. The Labute approximate surface area is 145 Å². The lowest BCUT2D eigenvalue weighted by Crippen LogP contribution is -2.15. The predicted octanol–water partition coefficient (Wildman–Crippen LogP) is 4.91. The number of nitrogens with one attached hydrogen (secondary N) is 1. The van der Waals surface area contributed by atoms with Gasteiger partial charge < -0.3 is 0 Å². The second-order valence-electron chi connectivity index (χ2n) is 4.07. The fourth-order valence-corrected chi connectivity index (χ4v) is 4.87. The smallest absolute Gasteiger partial charge is 0.264 e. The first-order valence-electron chi connectivity index (χ1n) is 5.51. The molecule has 21 heavy (non-hydrogen) atoms. The van der Waals surface area contributed by atoms with Gasteiger partial charge in [0.15, 0.2) is 0 Å². The highest BCUT2D eigenvalue weighted by Gasteiger charge is 2.23. The van der Waals surface area contributed by atoms with Crippen molar-refractivity contribution >= 4 is 66.4 Å². The lowest BCUT2D eigenvalue weighted by Gasteiger charge is -2.13. The minimum absolute atomic E-state index is 0.0152. The fraction of sp³-hybridized carbons (Fsp3) is 0.0833. The molecule has 9 heteroatoms. The molecule has 0 saturated carbocycles. The average Bonchev–Trinajstić information content (AvgIpc) is 2.30. The number of halogens is 4. The zero-order valence-electron chi connectivity index (χ0n) is 10.5. The van der Waals surface area contributed by atoms with Crippen LogP contribution in [0.2, 0.25) is 15.2 Å². The topological polar surface area (TPSA) is 59.1 Å². The molecule has 112 valence electrons. The molecule has 1 heterocycles. The molecule has 0 atom stereocenters. The molecule has 0 aliphatic heterocycles. The zero-order chi connectivity index (χ0) is 15.8. The van der Waals surface area contributed by atoms with Gasteiger partial charge in [0.25, 0.3) is 10.0 Å². The summed E-state index contributed by atoms with van der Waals surface area (Å²) in [5.41, 5.74) is 0.741. The van der Waals surface area contributed by atoms with E-state index in [0.717, 1.165) is 0 Å². The Morgan fingerprint density at radius 1 is 1.14 bits per heavy atom. The first-order valence-corrected chi connectivity index (χ1v) is 8.92. The van der Waals surface area contributed by atoms with Gasteiger partial charge in [-0.3, -0.25) is 4.72 Å². The summed E-state index contributed by atoms with van der Waals surface area (Å²) in [4.78, 5) is 3.78. The number of nitrogens with zero attached hydrogens (tertiary/aromatic N) is 1. The van der Waals surface area contributed by atoms with Crippen LogP contribution in [0.1, 0.15) is 5.69 Å². The number of rotatable bonds is 3. The minimum Gasteiger partial charge on any atom is -0.278 e. The molecule has 0 radical (unpaired) electrons. The van der Waals surface area contributed by atoms with Crippen LogP contribution in [0.5, 0.6) is 0 Å². The Balaban J connectivity index is 2.48. The van der Waals surface area contributed by atoms with Crippen LogP contribution >= 0.6 is 50.7 Å². The van der Waals surface area contributed by atoms with Crippen molar-refractivity contribution in [1.82, 2.24) is 4.98 Å². The van der Waals surface area contributed by atoms with Crippen LogP contribution in [0.4, 0.5) is 5.69 Å². The van der Waals surface area contributed by atoms with E-state index < -0.39 is 10.0 Å². The van der Waals surface area contributed by atoms with Gasteiger partial charge >= 0.3 is 0 Å². The van der Waals surface area contributed by atoms with E-state index in [4.69, 9.17) is 34.8 Å². The summed E-state index contributed by atoms with van der Waals surface area (Å²) < 4.78 is 27.9. The molecule has 0 aliphatic rings. The molecule has 0 bridgehead atoms. The Morgan fingerprint density at radius 3 is 2.24 bits per heavy atom. The van der Waals surface area contributed by atoms with E-state index in [1.54, 1.807) is 6.92 Å². The van der Waals surface area contributed by atoms with Gasteiger partial charge in [-0.25, -0.2) is 13.4 Å². The van der Waals surface area contributed by atoms with Crippen molar-refractivity contribution in [3.63, 3.8) is 0 Å². The van der Waals surface area contributed by atoms with Crippen LogP contribution in [0.3, 0.4) is 0 Å². The summed E-state index contributed by atoms with van der Waals surface area (Å²) >= 11 is 20.9. The van der Waals surface area contributed by atoms with Crippen LogP contribution in [-0.4, -0.2) is 13.4 Å². The van der Waals surface area contributed by atoms with E-state index >= 15 is 0 Å². The third-order valence-electron chi connectivity index (χ3n) is 2.53. The van der Waals surface area contributed by atoms with Gasteiger partial charge in [0.2, 0.25) is 0 Å². The monoisotopic (exact) mass is 428 g/mol. The van der Waals surface area contributed by atoms with Crippen molar-refractivity contribution in [1.29, 1.82) is 0 Å². The molecule has 1 aromatic heterocycles. The average molecular weight is 431 g/mol. The number of hydrogen-bond acceptors (Lipinski definition) is 3. The van der Waals surface area contributed by atoms with Gasteiger partial charge in [-0.05, 0) is 31.2 Å². The quantitative estimate of drug-likeness (QED) is 0.704. The largest absolute Gasteiger partial charge is 0.278 e. The minimum atomic E-state index is -3.94.